The van der Waals surface area contributed by atoms with E-state index in [1.807, 2.05) is 25.3 Å². The number of ether oxygens (including phenoxy) is 1. The zero-order valence-electron chi connectivity index (χ0n) is 25.6. The van der Waals surface area contributed by atoms with Crippen molar-refractivity contribution in [3.63, 3.8) is 0 Å². The topological polar surface area (TPSA) is 129 Å². The molecule has 4 aromatic heterocycles. The number of H-pyrrole nitrogens is 1. The van der Waals surface area contributed by atoms with Crippen molar-refractivity contribution in [3.05, 3.63) is 82.2 Å². The van der Waals surface area contributed by atoms with Gasteiger partial charge in [0.1, 0.15) is 47.0 Å². The summed E-state index contributed by atoms with van der Waals surface area (Å²) in [6, 6.07) is 11.3. The van der Waals surface area contributed by atoms with E-state index in [0.717, 1.165) is 36.0 Å². The molecule has 240 valence electrons. The maximum atomic E-state index is 14.9. The Kier molecular flexibility index (Phi) is 7.05. The first-order chi connectivity index (χ1) is 22.8. The number of anilines is 1. The molecular weight excluding hydrogens is 606 g/mol. The number of phenolic OH excluding ortho intramolecular Hbond substituents is 1. The molecular formula is C35H32F2N6O4. The van der Waals surface area contributed by atoms with Crippen molar-refractivity contribution in [3.8, 4) is 23.1 Å². The Hall–Kier alpha value is -5.10. The average Bonchev–Trinajstić information content (AvgIpc) is 3.74. The van der Waals surface area contributed by atoms with Crippen LogP contribution in [0.15, 0.2) is 64.1 Å². The molecule has 2 aliphatic heterocycles. The summed E-state index contributed by atoms with van der Waals surface area (Å²) in [5, 5.41) is 16.0. The third-order valence-corrected chi connectivity index (χ3v) is 9.58. The number of hydrogen-bond acceptors (Lipinski definition) is 9. The highest BCUT2D eigenvalue weighted by molar-refractivity contribution is 6.01. The quantitative estimate of drug-likeness (QED) is 0.177. The predicted molar refractivity (Wildman–Crippen MR) is 174 cm³/mol. The summed E-state index contributed by atoms with van der Waals surface area (Å²) in [5.41, 5.74) is 1.53. The van der Waals surface area contributed by atoms with Crippen molar-refractivity contribution in [2.45, 2.75) is 50.9 Å². The van der Waals surface area contributed by atoms with Crippen molar-refractivity contribution in [2.75, 3.05) is 25.0 Å². The van der Waals surface area contributed by atoms with E-state index in [1.54, 1.807) is 24.4 Å². The molecule has 2 saturated heterocycles. The summed E-state index contributed by atoms with van der Waals surface area (Å²) in [7, 11) is 0. The molecule has 10 nitrogen and oxygen atoms in total. The van der Waals surface area contributed by atoms with Gasteiger partial charge in [-0.1, -0.05) is 13.0 Å². The van der Waals surface area contributed by atoms with Gasteiger partial charge in [-0.2, -0.15) is 9.97 Å². The van der Waals surface area contributed by atoms with E-state index in [0.29, 0.717) is 47.8 Å². The molecule has 6 heterocycles. The number of nitrogens with one attached hydrogen (secondary N) is 2. The number of fused-ring (bicyclic) bond motifs is 4. The number of pyridine rings is 1. The number of phenols is 1. The van der Waals surface area contributed by atoms with Crippen LogP contribution < -0.4 is 15.7 Å². The number of aromatic nitrogens is 4. The third kappa shape index (κ3) is 5.03. The van der Waals surface area contributed by atoms with E-state index in [2.05, 4.69) is 30.2 Å². The average molecular weight is 639 g/mol. The number of benzene rings is 2. The summed E-state index contributed by atoms with van der Waals surface area (Å²) < 4.78 is 41.5. The minimum absolute atomic E-state index is 0.0294. The maximum Gasteiger partial charge on any atom is 0.349 e. The van der Waals surface area contributed by atoms with E-state index < -0.39 is 23.2 Å². The number of alkyl halides is 1. The smallest absolute Gasteiger partial charge is 0.349 e. The van der Waals surface area contributed by atoms with Crippen LogP contribution in [-0.2, 0) is 13.0 Å². The molecule has 8 rings (SSSR count). The second-order valence-corrected chi connectivity index (χ2v) is 12.4. The highest BCUT2D eigenvalue weighted by Crippen LogP contribution is 2.41. The van der Waals surface area contributed by atoms with Crippen LogP contribution in [0.5, 0.6) is 11.8 Å². The lowest BCUT2D eigenvalue weighted by atomic mass is 9.95. The van der Waals surface area contributed by atoms with E-state index in [-0.39, 0.29) is 40.8 Å². The standard InChI is InChI=1S/C35H32F2N6O4/c1-2-23-26(37)7-6-19-11-22(44)12-25(29(19)23)28-13-27-30(33(45)47-28)32(40-16-20-15-39-31-24(20)5-3-9-38-31)42-34(41-27)46-18-35-8-4-10-43(35)17-21(36)14-35/h3,5-7,9,11-13,15,21,44H,2,4,8,10,14,16-18H2,1H3,(H,38,39)(H,40,41,42)/t21-,35+/m1/s1. The Morgan fingerprint density at radius 3 is 2.98 bits per heavy atom. The number of aromatic amines is 1. The summed E-state index contributed by atoms with van der Waals surface area (Å²) in [6.45, 7) is 3.55. The lowest BCUT2D eigenvalue weighted by Crippen LogP contribution is -2.43. The summed E-state index contributed by atoms with van der Waals surface area (Å²) in [6.07, 6.45) is 5.17. The lowest BCUT2D eigenvalue weighted by Gasteiger charge is -2.30. The van der Waals surface area contributed by atoms with Crippen molar-refractivity contribution in [2.24, 2.45) is 0 Å². The van der Waals surface area contributed by atoms with Gasteiger partial charge in [0, 0.05) is 48.9 Å². The normalized spacial score (nSPS) is 19.6. The molecule has 0 aliphatic carbocycles. The number of aromatic hydroxyl groups is 1. The zero-order valence-corrected chi connectivity index (χ0v) is 25.6. The molecule has 0 radical (unpaired) electrons. The molecule has 47 heavy (non-hydrogen) atoms. The van der Waals surface area contributed by atoms with Crippen LogP contribution in [0.25, 0.3) is 44.0 Å². The molecule has 12 heteroatoms. The van der Waals surface area contributed by atoms with Gasteiger partial charge >= 0.3 is 11.6 Å². The van der Waals surface area contributed by atoms with E-state index in [4.69, 9.17) is 9.15 Å². The first kappa shape index (κ1) is 29.3. The zero-order chi connectivity index (χ0) is 32.3. The Morgan fingerprint density at radius 2 is 2.11 bits per heavy atom. The molecule has 2 fully saturated rings. The van der Waals surface area contributed by atoms with Gasteiger partial charge in [0.2, 0.25) is 0 Å². The van der Waals surface area contributed by atoms with Crippen molar-refractivity contribution >= 4 is 38.5 Å². The highest BCUT2D eigenvalue weighted by Gasteiger charge is 2.49. The van der Waals surface area contributed by atoms with Crippen LogP contribution in [0.4, 0.5) is 14.6 Å². The van der Waals surface area contributed by atoms with Gasteiger partial charge in [-0.3, -0.25) is 4.90 Å². The van der Waals surface area contributed by atoms with Gasteiger partial charge in [-0.25, -0.2) is 18.6 Å². The fourth-order valence-electron chi connectivity index (χ4n) is 7.42. The molecule has 0 unspecified atom stereocenters. The largest absolute Gasteiger partial charge is 0.508 e. The van der Waals surface area contributed by atoms with Crippen LogP contribution in [0.2, 0.25) is 0 Å². The number of nitrogens with zero attached hydrogens (tertiary/aromatic N) is 4. The predicted octanol–water partition coefficient (Wildman–Crippen LogP) is 6.25. The summed E-state index contributed by atoms with van der Waals surface area (Å²) in [4.78, 5) is 32.6. The lowest BCUT2D eigenvalue weighted by molar-refractivity contribution is 0.107. The van der Waals surface area contributed by atoms with Crippen LogP contribution in [0.1, 0.15) is 37.3 Å². The second kappa shape index (κ2) is 11.3. The SMILES string of the molecule is CCc1c(F)ccc2cc(O)cc(-c3cc4nc(OC[C@@]56CCCN5C[C@H](F)C6)nc(NCc5c[nH]c6ncccc56)c4c(=O)o3)c12. The molecule has 0 bridgehead atoms. The molecule has 0 saturated carbocycles. The van der Waals surface area contributed by atoms with Crippen molar-refractivity contribution < 1.29 is 23.0 Å². The first-order valence-corrected chi connectivity index (χ1v) is 15.8. The molecule has 2 atom stereocenters. The van der Waals surface area contributed by atoms with Gasteiger partial charge in [-0.05, 0) is 78.0 Å². The van der Waals surface area contributed by atoms with Crippen LogP contribution in [-0.4, -0.2) is 61.3 Å². The fraction of sp³-hybridized carbons (Fsp3) is 0.314. The summed E-state index contributed by atoms with van der Waals surface area (Å²) in [5.74, 6) is -0.136. The van der Waals surface area contributed by atoms with Gasteiger partial charge in [0.25, 0.3) is 0 Å². The molecule has 0 amide bonds. The highest BCUT2D eigenvalue weighted by atomic mass is 19.1. The number of hydrogen-bond donors (Lipinski definition) is 3. The number of aryl methyl sites for hydroxylation is 1. The van der Waals surface area contributed by atoms with Crippen molar-refractivity contribution in [1.29, 1.82) is 0 Å². The Bertz CT molecular complexity index is 2240. The van der Waals surface area contributed by atoms with E-state index in [9.17, 15) is 18.7 Å². The van der Waals surface area contributed by atoms with Gasteiger partial charge in [0.05, 0.1) is 11.1 Å². The van der Waals surface area contributed by atoms with Crippen LogP contribution >= 0.6 is 0 Å². The molecule has 2 aromatic carbocycles. The van der Waals surface area contributed by atoms with Gasteiger partial charge < -0.3 is 24.6 Å². The Morgan fingerprint density at radius 1 is 1.21 bits per heavy atom. The minimum atomic E-state index is -0.915. The number of halogens is 2. The Balaban J connectivity index is 1.24. The molecule has 6 aromatic rings. The van der Waals surface area contributed by atoms with Crippen LogP contribution in [0.3, 0.4) is 0 Å². The fourth-order valence-corrected chi connectivity index (χ4v) is 7.42. The molecule has 3 N–H and O–H groups in total. The molecule has 0 spiro atoms. The van der Waals surface area contributed by atoms with E-state index >= 15 is 0 Å². The Labute approximate surface area is 267 Å². The first-order valence-electron chi connectivity index (χ1n) is 15.8. The van der Waals surface area contributed by atoms with Crippen LogP contribution in [0, 0.1) is 5.82 Å². The van der Waals surface area contributed by atoms with Gasteiger partial charge in [0.15, 0.2) is 0 Å². The maximum absolute atomic E-state index is 14.9. The van der Waals surface area contributed by atoms with Gasteiger partial charge in [-0.15, -0.1) is 0 Å². The second-order valence-electron chi connectivity index (χ2n) is 12.4. The number of rotatable bonds is 8. The van der Waals surface area contributed by atoms with E-state index in [1.165, 1.54) is 12.1 Å². The monoisotopic (exact) mass is 638 g/mol. The third-order valence-electron chi connectivity index (χ3n) is 9.58. The minimum Gasteiger partial charge on any atom is -0.508 e. The van der Waals surface area contributed by atoms with Crippen molar-refractivity contribution in [1.82, 2.24) is 24.8 Å². The molecule has 2 aliphatic rings. The summed E-state index contributed by atoms with van der Waals surface area (Å²) >= 11 is 0.